The molecule has 110 valence electrons. The maximum absolute atomic E-state index is 11.5. The second kappa shape index (κ2) is 7.20. The van der Waals surface area contributed by atoms with Gasteiger partial charge in [0.1, 0.15) is 0 Å². The molecule has 0 radical (unpaired) electrons. The van der Waals surface area contributed by atoms with Gasteiger partial charge in [-0.3, -0.25) is 15.1 Å². The fraction of sp³-hybridized carbons (Fsp3) is 0.533. The van der Waals surface area contributed by atoms with E-state index < -0.39 is 0 Å². The van der Waals surface area contributed by atoms with Crippen LogP contribution in [0, 0.1) is 5.92 Å². The third-order valence-electron chi connectivity index (χ3n) is 3.95. The normalized spacial score (nSPS) is 20.4. The molecule has 1 aromatic rings. The average Bonchev–Trinajstić information content (AvgIpc) is 2.65. The maximum atomic E-state index is 11.5. The van der Waals surface area contributed by atoms with Crippen LogP contribution >= 0.6 is 15.9 Å². The molecule has 1 unspecified atom stereocenters. The Kier molecular flexibility index (Phi) is 5.57. The fourth-order valence-electron chi connectivity index (χ4n) is 2.62. The number of hydrogen-bond donors (Lipinski definition) is 2. The quantitative estimate of drug-likeness (QED) is 0.505. The Bertz CT molecular complexity index is 478. The largest absolute Gasteiger partial charge is 0.299 e. The Balaban J connectivity index is 2.04. The van der Waals surface area contributed by atoms with Gasteiger partial charge in [0.2, 0.25) is 0 Å². The molecule has 0 saturated carbocycles. The molecule has 1 aromatic carbocycles. The van der Waals surface area contributed by atoms with Crippen LogP contribution < -0.4 is 11.3 Å². The van der Waals surface area contributed by atoms with Crippen molar-refractivity contribution in [1.29, 1.82) is 0 Å². The van der Waals surface area contributed by atoms with Gasteiger partial charge in [-0.15, -0.1) is 0 Å². The van der Waals surface area contributed by atoms with Gasteiger partial charge in [0, 0.05) is 16.6 Å². The van der Waals surface area contributed by atoms with Crippen molar-refractivity contribution >= 4 is 21.8 Å². The monoisotopic (exact) mass is 339 g/mol. The van der Waals surface area contributed by atoms with Crippen molar-refractivity contribution in [3.8, 4) is 0 Å². The third kappa shape index (κ3) is 4.04. The molecule has 1 heterocycles. The second-order valence-electron chi connectivity index (χ2n) is 5.59. The van der Waals surface area contributed by atoms with Crippen LogP contribution in [0.25, 0.3) is 0 Å². The van der Waals surface area contributed by atoms with Crippen molar-refractivity contribution in [1.82, 2.24) is 10.3 Å². The number of amides is 1. The first-order valence-corrected chi connectivity index (χ1v) is 7.91. The van der Waals surface area contributed by atoms with Crippen LogP contribution in [0.5, 0.6) is 0 Å². The number of rotatable bonds is 3. The first-order chi connectivity index (χ1) is 9.60. The van der Waals surface area contributed by atoms with Crippen LogP contribution in [0.4, 0.5) is 0 Å². The lowest BCUT2D eigenvalue weighted by atomic mass is 10.0. The minimum Gasteiger partial charge on any atom is -0.299 e. The van der Waals surface area contributed by atoms with E-state index in [2.05, 4.69) is 33.2 Å². The molecule has 1 amide bonds. The van der Waals surface area contributed by atoms with E-state index in [-0.39, 0.29) is 5.91 Å². The molecule has 1 fully saturated rings. The van der Waals surface area contributed by atoms with Crippen LogP contribution in [0.2, 0.25) is 0 Å². The van der Waals surface area contributed by atoms with E-state index >= 15 is 0 Å². The highest BCUT2D eigenvalue weighted by Crippen LogP contribution is 2.23. The van der Waals surface area contributed by atoms with Crippen LogP contribution in [0.1, 0.15) is 42.1 Å². The minimum atomic E-state index is -0.263. The fourth-order valence-corrected chi connectivity index (χ4v) is 3.13. The van der Waals surface area contributed by atoms with Gasteiger partial charge in [-0.1, -0.05) is 28.9 Å². The molecule has 1 saturated heterocycles. The summed E-state index contributed by atoms with van der Waals surface area (Å²) >= 11 is 3.56. The zero-order valence-electron chi connectivity index (χ0n) is 11.9. The number of nitrogens with one attached hydrogen (secondary N) is 1. The Morgan fingerprint density at radius 1 is 1.45 bits per heavy atom. The lowest BCUT2D eigenvalue weighted by Gasteiger charge is -2.21. The molecule has 3 N–H and O–H groups in total. The molecule has 0 bridgehead atoms. The van der Waals surface area contributed by atoms with Crippen molar-refractivity contribution in [2.24, 2.45) is 11.8 Å². The summed E-state index contributed by atoms with van der Waals surface area (Å²) in [5.41, 5.74) is 3.94. The Hall–Kier alpha value is -0.910. The highest BCUT2D eigenvalue weighted by Gasteiger charge is 2.15. The van der Waals surface area contributed by atoms with Crippen molar-refractivity contribution in [3.63, 3.8) is 0 Å². The van der Waals surface area contributed by atoms with E-state index in [0.717, 1.165) is 30.0 Å². The van der Waals surface area contributed by atoms with Gasteiger partial charge >= 0.3 is 0 Å². The lowest BCUT2D eigenvalue weighted by Crippen LogP contribution is -2.30. The van der Waals surface area contributed by atoms with Crippen molar-refractivity contribution in [3.05, 3.63) is 33.8 Å². The summed E-state index contributed by atoms with van der Waals surface area (Å²) < 4.78 is 0.968. The average molecular weight is 340 g/mol. The van der Waals surface area contributed by atoms with Gasteiger partial charge in [0.15, 0.2) is 0 Å². The minimum absolute atomic E-state index is 0.263. The molecule has 0 aromatic heterocycles. The van der Waals surface area contributed by atoms with Crippen molar-refractivity contribution in [2.75, 3.05) is 13.1 Å². The molecule has 20 heavy (non-hydrogen) atoms. The van der Waals surface area contributed by atoms with Crippen LogP contribution in [-0.4, -0.2) is 23.9 Å². The molecular weight excluding hydrogens is 318 g/mol. The van der Waals surface area contributed by atoms with E-state index in [1.807, 2.05) is 18.2 Å². The molecule has 0 aliphatic carbocycles. The van der Waals surface area contributed by atoms with E-state index in [1.54, 1.807) is 0 Å². The van der Waals surface area contributed by atoms with Crippen LogP contribution in [0.3, 0.4) is 0 Å². The number of benzene rings is 1. The Labute approximate surface area is 128 Å². The van der Waals surface area contributed by atoms with Crippen LogP contribution in [-0.2, 0) is 6.54 Å². The number of likely N-dealkylation sites (tertiary alicyclic amines) is 1. The summed E-state index contributed by atoms with van der Waals surface area (Å²) in [7, 11) is 0. The standard InChI is InChI=1S/C15H22BrN3O/c1-11-3-2-7-19(8-6-11)10-13-5-4-12(9-14(13)16)15(20)18-17/h4-5,9,11H,2-3,6-8,10,17H2,1H3,(H,18,20). The molecular formula is C15H22BrN3O. The number of hydrogen-bond acceptors (Lipinski definition) is 3. The molecule has 1 atom stereocenters. The predicted octanol–water partition coefficient (Wildman–Crippen LogP) is 2.67. The summed E-state index contributed by atoms with van der Waals surface area (Å²) in [6.07, 6.45) is 3.87. The summed E-state index contributed by atoms with van der Waals surface area (Å²) in [5, 5.41) is 0. The van der Waals surface area contributed by atoms with Gasteiger partial charge in [-0.05, 0) is 56.0 Å². The van der Waals surface area contributed by atoms with Crippen molar-refractivity contribution < 1.29 is 4.79 Å². The third-order valence-corrected chi connectivity index (χ3v) is 4.69. The van der Waals surface area contributed by atoms with Gasteiger partial charge in [0.25, 0.3) is 5.91 Å². The van der Waals surface area contributed by atoms with E-state index in [9.17, 15) is 4.79 Å². The number of halogens is 1. The number of nitrogen functional groups attached to an aromatic ring is 1. The number of nitrogens with zero attached hydrogens (tertiary/aromatic N) is 1. The van der Waals surface area contributed by atoms with Crippen LogP contribution in [0.15, 0.2) is 22.7 Å². The molecule has 1 aliphatic heterocycles. The number of carbonyl (C=O) groups excluding carboxylic acids is 1. The zero-order chi connectivity index (χ0) is 14.5. The number of nitrogens with two attached hydrogens (primary N) is 1. The Morgan fingerprint density at radius 2 is 2.25 bits per heavy atom. The highest BCUT2D eigenvalue weighted by molar-refractivity contribution is 9.10. The predicted molar refractivity (Wildman–Crippen MR) is 84.1 cm³/mol. The summed E-state index contributed by atoms with van der Waals surface area (Å²) in [6, 6.07) is 5.66. The molecule has 1 aliphatic rings. The first kappa shape index (κ1) is 15.5. The molecule has 4 nitrogen and oxygen atoms in total. The topological polar surface area (TPSA) is 58.4 Å². The van der Waals surface area contributed by atoms with E-state index in [0.29, 0.717) is 5.56 Å². The van der Waals surface area contributed by atoms with E-state index in [4.69, 9.17) is 5.84 Å². The molecule has 0 spiro atoms. The highest BCUT2D eigenvalue weighted by atomic mass is 79.9. The zero-order valence-corrected chi connectivity index (χ0v) is 13.4. The number of hydrazine groups is 1. The smallest absolute Gasteiger partial charge is 0.265 e. The summed E-state index contributed by atoms with van der Waals surface area (Å²) in [5.74, 6) is 5.72. The molecule has 2 rings (SSSR count). The Morgan fingerprint density at radius 3 is 2.95 bits per heavy atom. The van der Waals surface area contributed by atoms with Crippen molar-refractivity contribution in [2.45, 2.75) is 32.7 Å². The first-order valence-electron chi connectivity index (χ1n) is 7.12. The molecule has 5 heteroatoms. The van der Waals surface area contributed by atoms with Gasteiger partial charge < -0.3 is 0 Å². The summed E-state index contributed by atoms with van der Waals surface area (Å²) in [6.45, 7) is 5.57. The second-order valence-corrected chi connectivity index (χ2v) is 6.45. The van der Waals surface area contributed by atoms with E-state index in [1.165, 1.54) is 24.8 Å². The van der Waals surface area contributed by atoms with Gasteiger partial charge in [-0.2, -0.15) is 0 Å². The number of carbonyl (C=O) groups is 1. The maximum Gasteiger partial charge on any atom is 0.265 e. The SMILES string of the molecule is CC1CCCN(Cc2ccc(C(=O)NN)cc2Br)CC1. The van der Waals surface area contributed by atoms with Gasteiger partial charge in [0.05, 0.1) is 0 Å². The van der Waals surface area contributed by atoms with Gasteiger partial charge in [-0.25, -0.2) is 5.84 Å². The lowest BCUT2D eigenvalue weighted by molar-refractivity contribution is 0.0953. The summed E-state index contributed by atoms with van der Waals surface area (Å²) in [4.78, 5) is 14.0.